The Labute approximate surface area is 93.1 Å². The summed E-state index contributed by atoms with van der Waals surface area (Å²) >= 11 is 0. The molecule has 0 unspecified atom stereocenters. The van der Waals surface area contributed by atoms with Crippen LogP contribution in [0, 0.1) is 0 Å². The van der Waals surface area contributed by atoms with Crippen molar-refractivity contribution in [3.05, 3.63) is 0 Å². The third kappa shape index (κ3) is 8.85. The highest BCUT2D eigenvalue weighted by Gasteiger charge is 2.20. The lowest BCUT2D eigenvalue weighted by Crippen LogP contribution is -2.29. The van der Waals surface area contributed by atoms with E-state index in [1.165, 1.54) is 0 Å². The van der Waals surface area contributed by atoms with Crippen LogP contribution in [0.1, 0.15) is 59.3 Å². The topological polar surface area (TPSA) is 60.7 Å². The fourth-order valence-electron chi connectivity index (χ4n) is 1.49. The van der Waals surface area contributed by atoms with E-state index in [4.69, 9.17) is 0 Å². The van der Waals surface area contributed by atoms with Crippen molar-refractivity contribution in [3.63, 3.8) is 0 Å². The summed E-state index contributed by atoms with van der Waals surface area (Å²) in [6.07, 6.45) is 3.45. The summed E-state index contributed by atoms with van der Waals surface area (Å²) in [5.41, 5.74) is -0.760. The normalized spacial score (nSPS) is 16.4. The van der Waals surface area contributed by atoms with Gasteiger partial charge in [0.05, 0.1) is 17.8 Å². The molecular weight excluding hydrogens is 192 g/mol. The van der Waals surface area contributed by atoms with Gasteiger partial charge in [0.25, 0.3) is 0 Å². The molecule has 0 aromatic heterocycles. The van der Waals surface area contributed by atoms with Crippen molar-refractivity contribution >= 4 is 0 Å². The molecule has 0 heterocycles. The van der Waals surface area contributed by atoms with Gasteiger partial charge in [-0.15, -0.1) is 0 Å². The molecule has 3 nitrogen and oxygen atoms in total. The first-order valence-corrected chi connectivity index (χ1v) is 5.95. The molecule has 0 aromatic rings. The molecule has 0 amide bonds. The Bertz CT molecular complexity index is 151. The molecular formula is C12H26O3. The fourth-order valence-corrected chi connectivity index (χ4v) is 1.49. The van der Waals surface area contributed by atoms with Gasteiger partial charge in [-0.2, -0.15) is 0 Å². The Morgan fingerprint density at radius 3 is 2.00 bits per heavy atom. The van der Waals surface area contributed by atoms with Crippen molar-refractivity contribution in [2.24, 2.45) is 0 Å². The highest BCUT2D eigenvalue weighted by atomic mass is 16.3. The molecule has 0 spiro atoms. The maximum absolute atomic E-state index is 9.62. The molecule has 0 aliphatic heterocycles. The van der Waals surface area contributed by atoms with Gasteiger partial charge in [0, 0.05) is 0 Å². The molecule has 0 radical (unpaired) electrons. The SMILES string of the molecule is CCCCC[C@@H](O)[C@@H](O)CCC(C)(C)O. The number of aliphatic hydroxyl groups is 3. The van der Waals surface area contributed by atoms with Crippen molar-refractivity contribution < 1.29 is 15.3 Å². The zero-order valence-corrected chi connectivity index (χ0v) is 10.2. The second-order valence-electron chi connectivity index (χ2n) is 4.98. The largest absolute Gasteiger partial charge is 0.390 e. The summed E-state index contributed by atoms with van der Waals surface area (Å²) in [6, 6.07) is 0. The summed E-state index contributed by atoms with van der Waals surface area (Å²) in [7, 11) is 0. The van der Waals surface area contributed by atoms with Crippen LogP contribution in [0.15, 0.2) is 0 Å². The number of unbranched alkanes of at least 4 members (excludes halogenated alkanes) is 2. The van der Waals surface area contributed by atoms with E-state index in [0.29, 0.717) is 19.3 Å². The Balaban J connectivity index is 3.64. The third-order valence-electron chi connectivity index (χ3n) is 2.60. The number of hydrogen-bond donors (Lipinski definition) is 3. The van der Waals surface area contributed by atoms with E-state index in [9.17, 15) is 15.3 Å². The van der Waals surface area contributed by atoms with Crippen LogP contribution in [0.5, 0.6) is 0 Å². The van der Waals surface area contributed by atoms with Crippen LogP contribution in [0.4, 0.5) is 0 Å². The minimum atomic E-state index is -0.760. The van der Waals surface area contributed by atoms with Gasteiger partial charge in [0.1, 0.15) is 0 Å². The van der Waals surface area contributed by atoms with Gasteiger partial charge < -0.3 is 15.3 Å². The third-order valence-corrected chi connectivity index (χ3v) is 2.60. The maximum atomic E-state index is 9.62. The van der Waals surface area contributed by atoms with Gasteiger partial charge >= 0.3 is 0 Å². The Hall–Kier alpha value is -0.120. The van der Waals surface area contributed by atoms with Crippen LogP contribution in [-0.2, 0) is 0 Å². The van der Waals surface area contributed by atoms with E-state index >= 15 is 0 Å². The van der Waals surface area contributed by atoms with Crippen molar-refractivity contribution in [1.82, 2.24) is 0 Å². The molecule has 92 valence electrons. The number of rotatable bonds is 8. The fraction of sp³-hybridized carbons (Fsp3) is 1.00. The summed E-state index contributed by atoms with van der Waals surface area (Å²) in [5.74, 6) is 0. The van der Waals surface area contributed by atoms with Gasteiger partial charge in [0.2, 0.25) is 0 Å². The van der Waals surface area contributed by atoms with Crippen LogP contribution in [-0.4, -0.2) is 33.1 Å². The smallest absolute Gasteiger partial charge is 0.0800 e. The second kappa shape index (κ2) is 7.20. The molecule has 0 aliphatic rings. The number of hydrogen-bond acceptors (Lipinski definition) is 3. The first-order chi connectivity index (χ1) is 6.87. The van der Waals surface area contributed by atoms with Crippen molar-refractivity contribution in [2.45, 2.75) is 77.1 Å². The lowest BCUT2D eigenvalue weighted by Gasteiger charge is -2.22. The van der Waals surface area contributed by atoms with Gasteiger partial charge in [-0.3, -0.25) is 0 Å². The molecule has 2 atom stereocenters. The lowest BCUT2D eigenvalue weighted by molar-refractivity contribution is -0.0116. The maximum Gasteiger partial charge on any atom is 0.0800 e. The first kappa shape index (κ1) is 14.9. The average Bonchev–Trinajstić information content (AvgIpc) is 2.13. The van der Waals surface area contributed by atoms with E-state index in [1.807, 2.05) is 0 Å². The molecule has 0 aromatic carbocycles. The van der Waals surface area contributed by atoms with Gasteiger partial charge in [-0.25, -0.2) is 0 Å². The quantitative estimate of drug-likeness (QED) is 0.545. The van der Waals surface area contributed by atoms with Crippen molar-refractivity contribution in [1.29, 1.82) is 0 Å². The van der Waals surface area contributed by atoms with Gasteiger partial charge in [-0.05, 0) is 33.1 Å². The van der Waals surface area contributed by atoms with Crippen LogP contribution in [0.3, 0.4) is 0 Å². The summed E-state index contributed by atoms with van der Waals surface area (Å²) < 4.78 is 0. The molecule has 3 heteroatoms. The van der Waals surface area contributed by atoms with E-state index in [-0.39, 0.29) is 0 Å². The van der Waals surface area contributed by atoms with Crippen LogP contribution < -0.4 is 0 Å². The highest BCUT2D eigenvalue weighted by molar-refractivity contribution is 4.72. The minimum absolute atomic E-state index is 0.455. The van der Waals surface area contributed by atoms with E-state index < -0.39 is 17.8 Å². The average molecular weight is 218 g/mol. The zero-order chi connectivity index (χ0) is 11.9. The number of aliphatic hydroxyl groups excluding tert-OH is 2. The second-order valence-corrected chi connectivity index (χ2v) is 4.98. The van der Waals surface area contributed by atoms with Gasteiger partial charge in [-0.1, -0.05) is 26.2 Å². The zero-order valence-electron chi connectivity index (χ0n) is 10.2. The van der Waals surface area contributed by atoms with Crippen molar-refractivity contribution in [2.75, 3.05) is 0 Å². The Morgan fingerprint density at radius 2 is 1.53 bits per heavy atom. The van der Waals surface area contributed by atoms with E-state index in [0.717, 1.165) is 19.3 Å². The lowest BCUT2D eigenvalue weighted by atomic mass is 9.96. The standard InChI is InChI=1S/C12H26O3/c1-4-5-6-7-10(13)11(14)8-9-12(2,3)15/h10-11,13-15H,4-9H2,1-3H3/t10-,11+/m1/s1. The molecule has 0 saturated carbocycles. The monoisotopic (exact) mass is 218 g/mol. The predicted molar refractivity (Wildman–Crippen MR) is 61.7 cm³/mol. The summed E-state index contributed by atoms with van der Waals surface area (Å²) in [6.45, 7) is 5.53. The summed E-state index contributed by atoms with van der Waals surface area (Å²) in [4.78, 5) is 0. The Morgan fingerprint density at radius 1 is 1.00 bits per heavy atom. The van der Waals surface area contributed by atoms with Crippen LogP contribution in [0.25, 0.3) is 0 Å². The molecule has 0 rings (SSSR count). The summed E-state index contributed by atoms with van der Waals surface area (Å²) in [5, 5.41) is 28.7. The molecule has 3 N–H and O–H groups in total. The van der Waals surface area contributed by atoms with E-state index in [2.05, 4.69) is 6.92 Å². The first-order valence-electron chi connectivity index (χ1n) is 5.95. The van der Waals surface area contributed by atoms with E-state index in [1.54, 1.807) is 13.8 Å². The molecule has 0 fully saturated rings. The van der Waals surface area contributed by atoms with Gasteiger partial charge in [0.15, 0.2) is 0 Å². The van der Waals surface area contributed by atoms with Crippen LogP contribution in [0.2, 0.25) is 0 Å². The van der Waals surface area contributed by atoms with Crippen molar-refractivity contribution in [3.8, 4) is 0 Å². The predicted octanol–water partition coefficient (Wildman–Crippen LogP) is 1.84. The van der Waals surface area contributed by atoms with Crippen LogP contribution >= 0.6 is 0 Å². The minimum Gasteiger partial charge on any atom is -0.390 e. The Kier molecular flexibility index (Phi) is 7.14. The molecule has 0 bridgehead atoms. The molecule has 15 heavy (non-hydrogen) atoms. The highest BCUT2D eigenvalue weighted by Crippen LogP contribution is 2.16. The molecule has 0 aliphatic carbocycles. The molecule has 0 saturated heterocycles.